The number of carbonyl (C=O) groups is 3. The Labute approximate surface area is 115 Å². The second-order valence-corrected chi connectivity index (χ2v) is 6.63. The number of carbonyl (C=O) groups excluding carboxylic acids is 2. The molecule has 1 saturated heterocycles. The van der Waals surface area contributed by atoms with Crippen molar-refractivity contribution in [3.05, 3.63) is 0 Å². The molecule has 2 N–H and O–H groups in total. The van der Waals surface area contributed by atoms with Gasteiger partial charge in [-0.3, -0.25) is 10.1 Å². The summed E-state index contributed by atoms with van der Waals surface area (Å²) in [6.07, 6.45) is 0. The number of aliphatic carboxylic acids is 1. The average molecular weight is 308 g/mol. The highest BCUT2D eigenvalue weighted by Crippen LogP contribution is 2.11. The summed E-state index contributed by atoms with van der Waals surface area (Å²) in [6.45, 7) is 0.388. The van der Waals surface area contributed by atoms with E-state index in [4.69, 9.17) is 5.11 Å². The van der Waals surface area contributed by atoms with Gasteiger partial charge in [0.25, 0.3) is 5.91 Å². The van der Waals surface area contributed by atoms with Crippen LogP contribution in [0, 0.1) is 0 Å². The van der Waals surface area contributed by atoms with Crippen molar-refractivity contribution in [1.82, 2.24) is 10.2 Å². The summed E-state index contributed by atoms with van der Waals surface area (Å²) in [5.41, 5.74) is 0. The molecule has 1 rings (SSSR count). The van der Waals surface area contributed by atoms with Crippen LogP contribution in [-0.2, 0) is 24.2 Å². The number of carboxylic acid groups (broad SMARTS) is 1. The Balaban J connectivity index is 2.43. The molecule has 20 heavy (non-hydrogen) atoms. The number of amides is 3. The highest BCUT2D eigenvalue weighted by molar-refractivity contribution is 7.91. The van der Waals surface area contributed by atoms with Crippen molar-refractivity contribution in [2.75, 3.05) is 31.3 Å². The van der Waals surface area contributed by atoms with Gasteiger partial charge in [-0.05, 0) is 6.92 Å². The molecule has 0 spiro atoms. The number of carboxylic acids is 1. The van der Waals surface area contributed by atoms with Crippen LogP contribution in [0.4, 0.5) is 4.79 Å². The minimum absolute atomic E-state index is 0.0125. The van der Waals surface area contributed by atoms with Crippen molar-refractivity contribution in [2.24, 2.45) is 0 Å². The molecule has 1 aliphatic heterocycles. The minimum atomic E-state index is -3.15. The maximum atomic E-state index is 11.8. The number of nitrogens with zero attached hydrogens (tertiary/aromatic N) is 1. The molecule has 3 amide bonds. The fourth-order valence-electron chi connectivity index (χ4n) is 1.76. The molecule has 0 bridgehead atoms. The summed E-state index contributed by atoms with van der Waals surface area (Å²) in [7, 11) is -3.15. The molecule has 0 saturated carbocycles. The van der Waals surface area contributed by atoms with E-state index in [1.165, 1.54) is 4.90 Å². The first-order valence-electron chi connectivity index (χ1n) is 5.81. The maximum absolute atomic E-state index is 11.8. The van der Waals surface area contributed by atoms with Crippen molar-refractivity contribution in [3.8, 4) is 0 Å². The molecule has 0 aromatic carbocycles. The zero-order chi connectivity index (χ0) is 15.3. The molecule has 1 atom stereocenters. The summed E-state index contributed by atoms with van der Waals surface area (Å²) in [6, 6.07) is -1.24. The molecule has 0 radical (unpaired) electrons. The maximum Gasteiger partial charge on any atom is 0.329 e. The molecule has 0 aromatic heterocycles. The van der Waals surface area contributed by atoms with Gasteiger partial charge < -0.3 is 14.7 Å². The molecular weight excluding hydrogens is 292 g/mol. The summed E-state index contributed by atoms with van der Waals surface area (Å²) in [4.78, 5) is 34.5. The van der Waals surface area contributed by atoms with Gasteiger partial charge in [0.15, 0.2) is 9.84 Å². The van der Waals surface area contributed by atoms with E-state index < -0.39 is 47.0 Å². The third-order valence-electron chi connectivity index (χ3n) is 2.64. The summed E-state index contributed by atoms with van der Waals surface area (Å²) in [5, 5.41) is 10.3. The van der Waals surface area contributed by atoms with E-state index >= 15 is 0 Å². The second kappa shape index (κ2) is 6.66. The van der Waals surface area contributed by atoms with E-state index in [9.17, 15) is 22.8 Å². The second-order valence-electron chi connectivity index (χ2n) is 4.40. The Morgan fingerprint density at radius 2 is 2.00 bits per heavy atom. The first kappa shape index (κ1) is 16.4. The number of nitrogens with one attached hydrogen (secondary N) is 1. The van der Waals surface area contributed by atoms with Gasteiger partial charge in [0, 0.05) is 12.6 Å². The molecule has 1 aliphatic rings. The number of imide groups is 1. The number of hydrogen-bond donors (Lipinski definition) is 2. The zero-order valence-electron chi connectivity index (χ0n) is 10.9. The fraction of sp³-hybridized carbons (Fsp3) is 0.700. The van der Waals surface area contributed by atoms with Crippen LogP contribution in [-0.4, -0.2) is 73.6 Å². The van der Waals surface area contributed by atoms with Crippen LogP contribution in [0.2, 0.25) is 0 Å². The topological polar surface area (TPSA) is 130 Å². The van der Waals surface area contributed by atoms with Crippen LogP contribution >= 0.6 is 0 Å². The highest BCUT2D eigenvalue weighted by Gasteiger charge is 2.31. The van der Waals surface area contributed by atoms with Gasteiger partial charge in [-0.1, -0.05) is 0 Å². The van der Waals surface area contributed by atoms with Gasteiger partial charge in [-0.15, -0.1) is 0 Å². The first-order valence-corrected chi connectivity index (χ1v) is 7.64. The van der Waals surface area contributed by atoms with Gasteiger partial charge in [0.2, 0.25) is 0 Å². The van der Waals surface area contributed by atoms with Crippen molar-refractivity contribution in [1.29, 1.82) is 0 Å². The molecule has 10 heteroatoms. The lowest BCUT2D eigenvalue weighted by molar-refractivity contribution is -0.143. The number of ether oxygens (including phenoxy) is 1. The fourth-order valence-corrected chi connectivity index (χ4v) is 3.31. The smallest absolute Gasteiger partial charge is 0.329 e. The lowest BCUT2D eigenvalue weighted by atomic mass is 10.3. The average Bonchev–Trinajstić information content (AvgIpc) is 2.26. The van der Waals surface area contributed by atoms with Crippen molar-refractivity contribution < 1.29 is 32.6 Å². The van der Waals surface area contributed by atoms with E-state index in [0.717, 1.165) is 0 Å². The van der Waals surface area contributed by atoms with Crippen LogP contribution in [0.15, 0.2) is 0 Å². The van der Waals surface area contributed by atoms with E-state index in [0.29, 0.717) is 0 Å². The van der Waals surface area contributed by atoms with Crippen LogP contribution < -0.4 is 5.32 Å². The number of sulfone groups is 1. The Morgan fingerprint density at radius 1 is 1.35 bits per heavy atom. The summed E-state index contributed by atoms with van der Waals surface area (Å²) >= 11 is 0. The monoisotopic (exact) mass is 308 g/mol. The Bertz CT molecular complexity index is 502. The highest BCUT2D eigenvalue weighted by atomic mass is 32.2. The van der Waals surface area contributed by atoms with Gasteiger partial charge in [0.1, 0.15) is 13.2 Å². The standard InChI is InChI=1S/C10H16N2O7S/c1-7-6-20(17,18)3-2-12(7)10(16)11-8(13)4-19-5-9(14)15/h7H,2-6H2,1H3,(H,14,15)(H,11,13,16). The molecule has 1 fully saturated rings. The van der Waals surface area contributed by atoms with Crippen LogP contribution in [0.25, 0.3) is 0 Å². The lowest BCUT2D eigenvalue weighted by Crippen LogP contribution is -2.54. The number of hydrogen-bond acceptors (Lipinski definition) is 6. The SMILES string of the molecule is CC1CS(=O)(=O)CCN1C(=O)NC(=O)COCC(=O)O. The third kappa shape index (κ3) is 5.13. The van der Waals surface area contributed by atoms with Gasteiger partial charge in [-0.2, -0.15) is 0 Å². The van der Waals surface area contributed by atoms with E-state index in [1.54, 1.807) is 6.92 Å². The van der Waals surface area contributed by atoms with Gasteiger partial charge in [0.05, 0.1) is 11.5 Å². The largest absolute Gasteiger partial charge is 0.480 e. The van der Waals surface area contributed by atoms with Gasteiger partial charge in [-0.25, -0.2) is 18.0 Å². The minimum Gasteiger partial charge on any atom is -0.480 e. The Kier molecular flexibility index (Phi) is 5.45. The molecule has 1 heterocycles. The molecule has 114 valence electrons. The third-order valence-corrected chi connectivity index (χ3v) is 4.43. The zero-order valence-corrected chi connectivity index (χ0v) is 11.7. The van der Waals surface area contributed by atoms with Crippen LogP contribution in [0.3, 0.4) is 0 Å². The van der Waals surface area contributed by atoms with E-state index in [1.807, 2.05) is 5.32 Å². The molecule has 0 aromatic rings. The lowest BCUT2D eigenvalue weighted by Gasteiger charge is -2.32. The summed E-state index contributed by atoms with van der Waals surface area (Å²) in [5.74, 6) is -2.30. The van der Waals surface area contributed by atoms with Crippen molar-refractivity contribution in [3.63, 3.8) is 0 Å². The number of urea groups is 1. The molecular formula is C10H16N2O7S. The van der Waals surface area contributed by atoms with Crippen LogP contribution in [0.1, 0.15) is 6.92 Å². The molecule has 9 nitrogen and oxygen atoms in total. The van der Waals surface area contributed by atoms with Gasteiger partial charge >= 0.3 is 12.0 Å². The predicted molar refractivity (Wildman–Crippen MR) is 66.8 cm³/mol. The molecule has 0 aliphatic carbocycles. The number of rotatable bonds is 4. The predicted octanol–water partition coefficient (Wildman–Crippen LogP) is -1.56. The Morgan fingerprint density at radius 3 is 2.55 bits per heavy atom. The van der Waals surface area contributed by atoms with E-state index in [-0.39, 0.29) is 18.1 Å². The van der Waals surface area contributed by atoms with Crippen molar-refractivity contribution >= 4 is 27.7 Å². The van der Waals surface area contributed by atoms with Crippen LogP contribution in [0.5, 0.6) is 0 Å². The first-order chi connectivity index (χ1) is 9.21. The molecule has 1 unspecified atom stereocenters. The van der Waals surface area contributed by atoms with Crippen molar-refractivity contribution in [2.45, 2.75) is 13.0 Å². The van der Waals surface area contributed by atoms with E-state index in [2.05, 4.69) is 4.74 Å². The summed E-state index contributed by atoms with van der Waals surface area (Å²) < 4.78 is 27.2. The normalized spacial score (nSPS) is 21.2. The quantitative estimate of drug-likeness (QED) is 0.642. The Hall–Kier alpha value is -1.68.